The summed E-state index contributed by atoms with van der Waals surface area (Å²) in [5.41, 5.74) is 4.04. The largest absolute Gasteiger partial charge is 0.471 e. The second-order valence-electron chi connectivity index (χ2n) is 8.35. The summed E-state index contributed by atoms with van der Waals surface area (Å²) in [5.74, 6) is 0.225. The van der Waals surface area contributed by atoms with Crippen LogP contribution in [0.25, 0.3) is 0 Å². The highest BCUT2D eigenvalue weighted by molar-refractivity contribution is 6.00. The number of anilines is 1. The molecule has 0 radical (unpaired) electrons. The molecule has 2 saturated heterocycles. The van der Waals surface area contributed by atoms with Gasteiger partial charge in [-0.05, 0) is 62.9 Å². The fraction of sp³-hybridized carbons (Fsp3) is 0.478. The fourth-order valence-corrected chi connectivity index (χ4v) is 4.13. The zero-order valence-corrected chi connectivity index (χ0v) is 17.8. The summed E-state index contributed by atoms with van der Waals surface area (Å²) in [5, 5.41) is 8.08. The van der Waals surface area contributed by atoms with E-state index in [2.05, 4.69) is 10.2 Å². The Morgan fingerprint density at radius 3 is 2.63 bits per heavy atom. The van der Waals surface area contributed by atoms with Crippen molar-refractivity contribution < 1.29 is 14.3 Å². The van der Waals surface area contributed by atoms with Gasteiger partial charge in [-0.1, -0.05) is 6.07 Å². The molecule has 2 fully saturated rings. The van der Waals surface area contributed by atoms with E-state index in [0.29, 0.717) is 25.5 Å². The normalized spacial score (nSPS) is 21.8. The average molecular weight is 409 g/mol. The van der Waals surface area contributed by atoms with Crippen molar-refractivity contribution in [2.75, 3.05) is 24.5 Å². The van der Waals surface area contributed by atoms with Gasteiger partial charge in [0.2, 0.25) is 17.7 Å². The summed E-state index contributed by atoms with van der Waals surface area (Å²) in [6, 6.07) is 9.67. The summed E-state index contributed by atoms with van der Waals surface area (Å²) in [6.07, 6.45) is 1.90. The van der Waals surface area contributed by atoms with E-state index in [1.54, 1.807) is 11.0 Å². The predicted octanol–water partition coefficient (Wildman–Crippen LogP) is 2.82. The van der Waals surface area contributed by atoms with E-state index in [4.69, 9.17) is 4.74 Å². The quantitative estimate of drug-likeness (QED) is 0.778. The summed E-state index contributed by atoms with van der Waals surface area (Å²) >= 11 is 0. The van der Waals surface area contributed by atoms with Gasteiger partial charge >= 0.3 is 0 Å². The van der Waals surface area contributed by atoms with Crippen molar-refractivity contribution >= 4 is 17.5 Å². The van der Waals surface area contributed by atoms with Gasteiger partial charge in [-0.15, -0.1) is 5.10 Å². The van der Waals surface area contributed by atoms with Gasteiger partial charge in [0, 0.05) is 31.3 Å². The van der Waals surface area contributed by atoms with Crippen LogP contribution in [0, 0.1) is 26.7 Å². The van der Waals surface area contributed by atoms with Crippen LogP contribution in [-0.2, 0) is 9.59 Å². The Labute approximate surface area is 177 Å². The van der Waals surface area contributed by atoms with E-state index >= 15 is 0 Å². The zero-order chi connectivity index (χ0) is 21.3. The monoisotopic (exact) mass is 408 g/mol. The van der Waals surface area contributed by atoms with Crippen molar-refractivity contribution in [3.05, 3.63) is 47.2 Å². The SMILES string of the molecule is Cc1ccc(OC2CCCN(C(=O)C3CC(=O)N(c4ccc(C)c(C)c4)C3)C2)nn1. The van der Waals surface area contributed by atoms with Gasteiger partial charge in [-0.25, -0.2) is 0 Å². The molecule has 0 bridgehead atoms. The first-order valence-electron chi connectivity index (χ1n) is 10.5. The van der Waals surface area contributed by atoms with Gasteiger partial charge in [0.25, 0.3) is 0 Å². The third-order valence-corrected chi connectivity index (χ3v) is 6.03. The smallest absolute Gasteiger partial charge is 0.233 e. The zero-order valence-electron chi connectivity index (χ0n) is 17.8. The van der Waals surface area contributed by atoms with Gasteiger partial charge < -0.3 is 14.5 Å². The van der Waals surface area contributed by atoms with Crippen LogP contribution >= 0.6 is 0 Å². The maximum absolute atomic E-state index is 13.2. The average Bonchev–Trinajstić information content (AvgIpc) is 3.13. The summed E-state index contributed by atoms with van der Waals surface area (Å²) in [4.78, 5) is 29.4. The Morgan fingerprint density at radius 1 is 1.07 bits per heavy atom. The summed E-state index contributed by atoms with van der Waals surface area (Å²) in [6.45, 7) is 7.62. The third kappa shape index (κ3) is 4.30. The molecule has 2 amide bonds. The van der Waals surface area contributed by atoms with E-state index in [9.17, 15) is 9.59 Å². The van der Waals surface area contributed by atoms with Crippen molar-refractivity contribution in [1.82, 2.24) is 15.1 Å². The van der Waals surface area contributed by atoms with Crippen molar-refractivity contribution in [3.63, 3.8) is 0 Å². The molecular formula is C23H28N4O3. The second-order valence-corrected chi connectivity index (χ2v) is 8.35. The lowest BCUT2D eigenvalue weighted by Crippen LogP contribution is -2.47. The second kappa shape index (κ2) is 8.42. The molecule has 2 aliphatic heterocycles. The topological polar surface area (TPSA) is 75.6 Å². The Hall–Kier alpha value is -2.96. The van der Waals surface area contributed by atoms with Crippen molar-refractivity contribution in [2.24, 2.45) is 5.92 Å². The molecule has 2 unspecified atom stereocenters. The molecule has 3 heterocycles. The number of amides is 2. The molecule has 0 N–H and O–H groups in total. The lowest BCUT2D eigenvalue weighted by molar-refractivity contribution is -0.138. The minimum atomic E-state index is -0.308. The van der Waals surface area contributed by atoms with Crippen LogP contribution in [0.15, 0.2) is 30.3 Å². The fourth-order valence-electron chi connectivity index (χ4n) is 4.13. The number of aryl methyl sites for hydroxylation is 3. The number of piperidine rings is 1. The number of rotatable bonds is 4. The van der Waals surface area contributed by atoms with Crippen LogP contribution in [0.2, 0.25) is 0 Å². The van der Waals surface area contributed by atoms with Gasteiger partial charge in [-0.3, -0.25) is 9.59 Å². The van der Waals surface area contributed by atoms with Gasteiger partial charge in [-0.2, -0.15) is 5.10 Å². The molecule has 0 spiro atoms. The van der Waals surface area contributed by atoms with E-state index in [-0.39, 0.29) is 30.3 Å². The molecule has 0 aliphatic carbocycles. The highest BCUT2D eigenvalue weighted by Gasteiger charge is 2.38. The summed E-state index contributed by atoms with van der Waals surface area (Å²) in [7, 11) is 0. The maximum Gasteiger partial charge on any atom is 0.233 e. The lowest BCUT2D eigenvalue weighted by Gasteiger charge is -2.34. The molecule has 30 heavy (non-hydrogen) atoms. The molecule has 4 rings (SSSR count). The molecule has 1 aromatic carbocycles. The first kappa shape index (κ1) is 20.3. The number of hydrogen-bond acceptors (Lipinski definition) is 5. The standard InChI is InChI=1S/C23H28N4O3/c1-15-6-8-19(11-16(15)2)27-13-18(12-22(27)28)23(29)26-10-4-5-20(14-26)30-21-9-7-17(3)24-25-21/h6-9,11,18,20H,4-5,10,12-14H2,1-3H3. The number of carbonyl (C=O) groups is 2. The van der Waals surface area contributed by atoms with E-state index in [0.717, 1.165) is 29.8 Å². The van der Waals surface area contributed by atoms with Crippen molar-refractivity contribution in [1.29, 1.82) is 0 Å². The molecule has 2 aromatic rings. The van der Waals surface area contributed by atoms with Crippen LogP contribution in [0.1, 0.15) is 36.1 Å². The first-order valence-corrected chi connectivity index (χ1v) is 10.5. The minimum absolute atomic E-state index is 0.0105. The van der Waals surface area contributed by atoms with Crippen LogP contribution in [-0.4, -0.2) is 52.6 Å². The number of likely N-dealkylation sites (tertiary alicyclic amines) is 1. The first-order chi connectivity index (χ1) is 14.4. The number of hydrogen-bond donors (Lipinski definition) is 0. The van der Waals surface area contributed by atoms with Gasteiger partial charge in [0.15, 0.2) is 0 Å². The molecule has 1 aromatic heterocycles. The van der Waals surface area contributed by atoms with E-state index < -0.39 is 0 Å². The van der Waals surface area contributed by atoms with Crippen molar-refractivity contribution in [3.8, 4) is 5.88 Å². The Bertz CT molecular complexity index is 944. The molecule has 7 heteroatoms. The van der Waals surface area contributed by atoms with E-state index in [1.165, 1.54) is 5.56 Å². The minimum Gasteiger partial charge on any atom is -0.471 e. The summed E-state index contributed by atoms with van der Waals surface area (Å²) < 4.78 is 5.94. The van der Waals surface area contributed by atoms with Crippen LogP contribution < -0.4 is 9.64 Å². The van der Waals surface area contributed by atoms with Crippen molar-refractivity contribution in [2.45, 2.75) is 46.1 Å². The molecule has 2 atom stereocenters. The number of ether oxygens (including phenoxy) is 1. The number of nitrogens with zero attached hydrogens (tertiary/aromatic N) is 4. The Morgan fingerprint density at radius 2 is 1.90 bits per heavy atom. The molecule has 158 valence electrons. The van der Waals surface area contributed by atoms with E-state index in [1.807, 2.05) is 49.9 Å². The molecule has 2 aliphatic rings. The maximum atomic E-state index is 13.2. The molecular weight excluding hydrogens is 380 g/mol. The Kier molecular flexibility index (Phi) is 5.70. The lowest BCUT2D eigenvalue weighted by atomic mass is 10.0. The van der Waals surface area contributed by atoms with Gasteiger partial charge in [0.05, 0.1) is 18.2 Å². The highest BCUT2D eigenvalue weighted by atomic mass is 16.5. The molecule has 7 nitrogen and oxygen atoms in total. The number of carbonyl (C=O) groups excluding carboxylic acids is 2. The van der Waals surface area contributed by atoms with Crippen LogP contribution in [0.4, 0.5) is 5.69 Å². The highest BCUT2D eigenvalue weighted by Crippen LogP contribution is 2.29. The van der Waals surface area contributed by atoms with Gasteiger partial charge in [0.1, 0.15) is 6.10 Å². The Balaban J connectivity index is 1.39. The molecule has 0 saturated carbocycles. The number of benzene rings is 1. The number of aromatic nitrogens is 2. The van der Waals surface area contributed by atoms with Crippen LogP contribution in [0.5, 0.6) is 5.88 Å². The third-order valence-electron chi connectivity index (χ3n) is 6.03. The van der Waals surface area contributed by atoms with Crippen LogP contribution in [0.3, 0.4) is 0 Å². The predicted molar refractivity (Wildman–Crippen MR) is 113 cm³/mol.